The highest BCUT2D eigenvalue weighted by molar-refractivity contribution is 9.10. The highest BCUT2D eigenvalue weighted by Crippen LogP contribution is 2.21. The number of hydrogen-bond donors (Lipinski definition) is 1. The van der Waals surface area contributed by atoms with Crippen LogP contribution in [0.3, 0.4) is 0 Å². The van der Waals surface area contributed by atoms with Gasteiger partial charge in [0.15, 0.2) is 0 Å². The van der Waals surface area contributed by atoms with Crippen molar-refractivity contribution in [1.29, 1.82) is 0 Å². The van der Waals surface area contributed by atoms with E-state index in [0.717, 1.165) is 5.56 Å². The third kappa shape index (κ3) is 5.26. The number of piperazine rings is 1. The van der Waals surface area contributed by atoms with Gasteiger partial charge in [0.2, 0.25) is 10.0 Å². The number of urea groups is 1. The van der Waals surface area contributed by atoms with Crippen LogP contribution >= 0.6 is 27.5 Å². The van der Waals surface area contributed by atoms with E-state index in [2.05, 4.69) is 21.2 Å². The Bertz CT molecular complexity index is 930. The van der Waals surface area contributed by atoms with E-state index in [1.165, 1.54) is 4.31 Å². The number of sulfonamides is 1. The summed E-state index contributed by atoms with van der Waals surface area (Å²) in [5.74, 6) is 0. The minimum absolute atomic E-state index is 0.173. The number of carbonyl (C=O) groups excluding carboxylic acids is 1. The summed E-state index contributed by atoms with van der Waals surface area (Å²) in [6, 6.07) is 14.0. The van der Waals surface area contributed by atoms with Gasteiger partial charge in [-0.2, -0.15) is 4.31 Å². The maximum Gasteiger partial charge on any atom is 0.317 e. The van der Waals surface area contributed by atoms with Gasteiger partial charge in [-0.3, -0.25) is 0 Å². The monoisotopic (exact) mass is 485 g/mol. The fourth-order valence-corrected chi connectivity index (χ4v) is 5.13. The summed E-state index contributed by atoms with van der Waals surface area (Å²) in [7, 11) is -3.56. The number of halogens is 2. The Labute approximate surface area is 178 Å². The van der Waals surface area contributed by atoms with Gasteiger partial charge in [0, 0.05) is 42.2 Å². The maximum atomic E-state index is 12.7. The number of amides is 2. The Morgan fingerprint density at radius 2 is 1.75 bits per heavy atom. The first-order chi connectivity index (χ1) is 13.4. The second-order valence-corrected chi connectivity index (χ2v) is 9.75. The Balaban J connectivity index is 1.49. The smallest absolute Gasteiger partial charge is 0.317 e. The van der Waals surface area contributed by atoms with Crippen molar-refractivity contribution in [2.24, 2.45) is 0 Å². The Morgan fingerprint density at radius 1 is 1.07 bits per heavy atom. The van der Waals surface area contributed by atoms with Gasteiger partial charge in [0.25, 0.3) is 0 Å². The van der Waals surface area contributed by atoms with E-state index < -0.39 is 10.0 Å². The van der Waals surface area contributed by atoms with Crippen LogP contribution in [-0.4, -0.2) is 56.4 Å². The van der Waals surface area contributed by atoms with Gasteiger partial charge in [-0.05, 0) is 42.3 Å². The molecule has 0 aliphatic carbocycles. The highest BCUT2D eigenvalue weighted by Gasteiger charge is 2.30. The van der Waals surface area contributed by atoms with E-state index in [1.54, 1.807) is 29.2 Å². The second-order valence-electron chi connectivity index (χ2n) is 6.46. The molecule has 1 saturated heterocycles. The lowest BCUT2D eigenvalue weighted by Gasteiger charge is -2.34. The molecule has 0 aromatic heterocycles. The fraction of sp³-hybridized carbons (Fsp3) is 0.316. The standard InChI is InChI=1S/C19H21BrClN3O3S/c20-16-2-1-3-18(14-16)28(26,27)24-12-10-23(11-13-24)19(25)22-9-8-15-4-6-17(21)7-5-15/h1-7,14H,8-13H2,(H,22,25). The molecule has 2 aromatic rings. The lowest BCUT2D eigenvalue weighted by atomic mass is 10.1. The van der Waals surface area contributed by atoms with Crippen LogP contribution in [0, 0.1) is 0 Å². The van der Waals surface area contributed by atoms with Crippen molar-refractivity contribution < 1.29 is 13.2 Å². The summed E-state index contributed by atoms with van der Waals surface area (Å²) >= 11 is 9.16. The fourth-order valence-electron chi connectivity index (χ4n) is 2.98. The van der Waals surface area contributed by atoms with Crippen molar-refractivity contribution in [3.63, 3.8) is 0 Å². The first-order valence-electron chi connectivity index (χ1n) is 8.89. The van der Waals surface area contributed by atoms with Crippen LogP contribution in [0.25, 0.3) is 0 Å². The van der Waals surface area contributed by atoms with Gasteiger partial charge < -0.3 is 10.2 Å². The van der Waals surface area contributed by atoms with Crippen LogP contribution in [0.4, 0.5) is 4.79 Å². The Morgan fingerprint density at radius 3 is 2.39 bits per heavy atom. The Hall–Kier alpha value is -1.61. The lowest BCUT2D eigenvalue weighted by Crippen LogP contribution is -2.53. The summed E-state index contributed by atoms with van der Waals surface area (Å²) in [5.41, 5.74) is 1.09. The molecular formula is C19H21BrClN3O3S. The van der Waals surface area contributed by atoms with Gasteiger partial charge in [0.1, 0.15) is 0 Å². The molecule has 150 valence electrons. The Kier molecular flexibility index (Phi) is 6.98. The molecule has 0 unspecified atom stereocenters. The van der Waals surface area contributed by atoms with E-state index >= 15 is 0 Å². The average Bonchev–Trinajstić information content (AvgIpc) is 2.69. The van der Waals surface area contributed by atoms with Gasteiger partial charge in [-0.15, -0.1) is 0 Å². The molecule has 3 rings (SSSR count). The zero-order valence-electron chi connectivity index (χ0n) is 15.1. The molecule has 1 fully saturated rings. The minimum Gasteiger partial charge on any atom is -0.338 e. The van der Waals surface area contributed by atoms with E-state index in [9.17, 15) is 13.2 Å². The molecule has 2 amide bonds. The first-order valence-corrected chi connectivity index (χ1v) is 11.5. The number of carbonyl (C=O) groups is 1. The van der Waals surface area contributed by atoms with Crippen molar-refractivity contribution in [2.45, 2.75) is 11.3 Å². The molecule has 1 N–H and O–H groups in total. The molecule has 6 nitrogen and oxygen atoms in total. The first kappa shape index (κ1) is 21.1. The number of benzene rings is 2. The SMILES string of the molecule is O=C(NCCc1ccc(Cl)cc1)N1CCN(S(=O)(=O)c2cccc(Br)c2)CC1. The minimum atomic E-state index is -3.56. The zero-order chi connectivity index (χ0) is 20.1. The van der Waals surface area contributed by atoms with E-state index in [4.69, 9.17) is 11.6 Å². The predicted octanol–water partition coefficient (Wildman–Crippen LogP) is 3.36. The average molecular weight is 487 g/mol. The molecule has 1 heterocycles. The van der Waals surface area contributed by atoms with Crippen LogP contribution in [0.2, 0.25) is 5.02 Å². The third-order valence-corrected chi connectivity index (χ3v) is 7.20. The topological polar surface area (TPSA) is 69.7 Å². The van der Waals surface area contributed by atoms with Crippen LogP contribution in [-0.2, 0) is 16.4 Å². The number of rotatable bonds is 5. The molecule has 1 aliphatic heterocycles. The third-order valence-electron chi connectivity index (χ3n) is 4.56. The van der Waals surface area contributed by atoms with Crippen molar-refractivity contribution in [2.75, 3.05) is 32.7 Å². The highest BCUT2D eigenvalue weighted by atomic mass is 79.9. The molecular weight excluding hydrogens is 466 g/mol. The molecule has 0 spiro atoms. The van der Waals surface area contributed by atoms with Gasteiger partial charge in [-0.1, -0.05) is 45.7 Å². The summed E-state index contributed by atoms with van der Waals surface area (Å²) in [6.07, 6.45) is 0.708. The van der Waals surface area contributed by atoms with Crippen molar-refractivity contribution >= 4 is 43.6 Å². The van der Waals surface area contributed by atoms with E-state index in [0.29, 0.717) is 35.6 Å². The number of nitrogens with one attached hydrogen (secondary N) is 1. The molecule has 0 radical (unpaired) electrons. The normalized spacial score (nSPS) is 15.4. The summed E-state index contributed by atoms with van der Waals surface area (Å²) in [6.45, 7) is 1.79. The molecule has 0 saturated carbocycles. The quantitative estimate of drug-likeness (QED) is 0.704. The van der Waals surface area contributed by atoms with E-state index in [1.807, 2.05) is 24.3 Å². The molecule has 0 bridgehead atoms. The number of nitrogens with zero attached hydrogens (tertiary/aromatic N) is 2. The van der Waals surface area contributed by atoms with Crippen LogP contribution in [0.5, 0.6) is 0 Å². The van der Waals surface area contributed by atoms with Crippen molar-refractivity contribution in [3.8, 4) is 0 Å². The van der Waals surface area contributed by atoms with Crippen molar-refractivity contribution in [1.82, 2.24) is 14.5 Å². The van der Waals surface area contributed by atoms with Crippen LogP contribution in [0.15, 0.2) is 57.9 Å². The lowest BCUT2D eigenvalue weighted by molar-refractivity contribution is 0.172. The van der Waals surface area contributed by atoms with Gasteiger partial charge in [0.05, 0.1) is 4.90 Å². The maximum absolute atomic E-state index is 12.7. The number of hydrogen-bond acceptors (Lipinski definition) is 3. The van der Waals surface area contributed by atoms with Gasteiger partial charge >= 0.3 is 6.03 Å². The van der Waals surface area contributed by atoms with Crippen LogP contribution < -0.4 is 5.32 Å². The summed E-state index contributed by atoms with van der Waals surface area (Å²) in [4.78, 5) is 14.2. The predicted molar refractivity (Wildman–Crippen MR) is 113 cm³/mol. The molecule has 9 heteroatoms. The second kappa shape index (κ2) is 9.26. The summed E-state index contributed by atoms with van der Waals surface area (Å²) in [5, 5.41) is 3.57. The zero-order valence-corrected chi connectivity index (χ0v) is 18.3. The van der Waals surface area contributed by atoms with E-state index in [-0.39, 0.29) is 24.0 Å². The van der Waals surface area contributed by atoms with Gasteiger partial charge in [-0.25, -0.2) is 13.2 Å². The molecule has 0 atom stereocenters. The summed E-state index contributed by atoms with van der Waals surface area (Å²) < 4.78 is 27.6. The molecule has 1 aliphatic rings. The van der Waals surface area contributed by atoms with Crippen molar-refractivity contribution in [3.05, 3.63) is 63.6 Å². The molecule has 2 aromatic carbocycles. The largest absolute Gasteiger partial charge is 0.338 e. The molecule has 28 heavy (non-hydrogen) atoms. The van der Waals surface area contributed by atoms with Crippen LogP contribution in [0.1, 0.15) is 5.56 Å².